The smallest absolute Gasteiger partial charge is 0.226 e. The second-order valence-electron chi connectivity index (χ2n) is 5.12. The second kappa shape index (κ2) is 7.02. The summed E-state index contributed by atoms with van der Waals surface area (Å²) in [4.78, 5) is 11.8. The van der Waals surface area contributed by atoms with Crippen molar-refractivity contribution in [1.82, 2.24) is 0 Å². The number of carbonyl (C=O) groups excluding carboxylic acids is 1. The van der Waals surface area contributed by atoms with E-state index in [2.05, 4.69) is 10.6 Å². The number of hydrogen-bond acceptors (Lipinski definition) is 2. The fourth-order valence-corrected chi connectivity index (χ4v) is 2.19. The van der Waals surface area contributed by atoms with Gasteiger partial charge in [0.05, 0.1) is 0 Å². The molecule has 22 heavy (non-hydrogen) atoms. The van der Waals surface area contributed by atoms with Crippen molar-refractivity contribution in [2.45, 2.75) is 20.3 Å². The predicted octanol–water partition coefficient (Wildman–Crippen LogP) is 4.02. The maximum atomic E-state index is 13.1. The molecule has 0 heterocycles. The normalized spacial score (nSPS) is 10.4. The molecule has 1 amide bonds. The van der Waals surface area contributed by atoms with E-state index in [0.717, 1.165) is 28.9 Å². The number of para-hydroxylation sites is 1. The first kappa shape index (κ1) is 15.9. The van der Waals surface area contributed by atoms with Crippen LogP contribution in [-0.4, -0.2) is 12.5 Å². The van der Waals surface area contributed by atoms with E-state index in [4.69, 9.17) is 0 Å². The third kappa shape index (κ3) is 4.04. The van der Waals surface area contributed by atoms with Gasteiger partial charge in [0.1, 0.15) is 0 Å². The average molecular weight is 304 g/mol. The minimum Gasteiger partial charge on any atom is -0.384 e. The number of rotatable bonds is 5. The summed E-state index contributed by atoms with van der Waals surface area (Å²) in [5.74, 6) is -2.18. The predicted molar refractivity (Wildman–Crippen MR) is 84.0 cm³/mol. The van der Waals surface area contributed by atoms with Crippen LogP contribution in [0.2, 0.25) is 0 Å². The van der Waals surface area contributed by atoms with E-state index in [1.165, 1.54) is 6.07 Å². The van der Waals surface area contributed by atoms with Crippen LogP contribution in [0.3, 0.4) is 0 Å². The number of halogens is 2. The van der Waals surface area contributed by atoms with Gasteiger partial charge in [-0.25, -0.2) is 8.78 Å². The molecule has 0 saturated carbocycles. The van der Waals surface area contributed by atoms with Gasteiger partial charge in [-0.05, 0) is 37.1 Å². The van der Waals surface area contributed by atoms with Gasteiger partial charge in [0.15, 0.2) is 11.6 Å². The van der Waals surface area contributed by atoms with E-state index in [1.54, 1.807) is 0 Å². The maximum Gasteiger partial charge on any atom is 0.226 e. The van der Waals surface area contributed by atoms with Crippen molar-refractivity contribution in [1.29, 1.82) is 0 Å². The van der Waals surface area contributed by atoms with Crippen molar-refractivity contribution in [3.63, 3.8) is 0 Å². The van der Waals surface area contributed by atoms with Gasteiger partial charge < -0.3 is 10.6 Å². The number of aryl methyl sites for hydroxylation is 2. The third-order valence-electron chi connectivity index (χ3n) is 3.34. The van der Waals surface area contributed by atoms with Crippen LogP contribution in [0.4, 0.5) is 20.2 Å². The van der Waals surface area contributed by atoms with E-state index in [-0.39, 0.29) is 18.0 Å². The van der Waals surface area contributed by atoms with Gasteiger partial charge in [0, 0.05) is 30.4 Å². The molecule has 116 valence electrons. The lowest BCUT2D eigenvalue weighted by Gasteiger charge is -2.12. The molecule has 0 aliphatic heterocycles. The quantitative estimate of drug-likeness (QED) is 0.876. The van der Waals surface area contributed by atoms with Crippen LogP contribution in [0, 0.1) is 25.5 Å². The van der Waals surface area contributed by atoms with Gasteiger partial charge in [-0.15, -0.1) is 0 Å². The van der Waals surface area contributed by atoms with Crippen molar-refractivity contribution in [2.24, 2.45) is 0 Å². The minimum absolute atomic E-state index is 0.229. The van der Waals surface area contributed by atoms with Gasteiger partial charge in [-0.1, -0.05) is 18.2 Å². The van der Waals surface area contributed by atoms with Crippen LogP contribution >= 0.6 is 0 Å². The molecule has 0 aromatic heterocycles. The van der Waals surface area contributed by atoms with E-state index >= 15 is 0 Å². The van der Waals surface area contributed by atoms with Crippen LogP contribution < -0.4 is 10.6 Å². The summed E-state index contributed by atoms with van der Waals surface area (Å²) < 4.78 is 25.9. The van der Waals surface area contributed by atoms with Gasteiger partial charge in [-0.2, -0.15) is 0 Å². The molecule has 0 spiro atoms. The Balaban J connectivity index is 1.86. The van der Waals surface area contributed by atoms with Gasteiger partial charge in [0.2, 0.25) is 5.91 Å². The summed E-state index contributed by atoms with van der Waals surface area (Å²) in [5.41, 5.74) is 3.49. The summed E-state index contributed by atoms with van der Waals surface area (Å²) in [6.07, 6.45) is 0.229. The lowest BCUT2D eigenvalue weighted by molar-refractivity contribution is -0.115. The Hall–Kier alpha value is -2.43. The molecule has 2 aromatic rings. The van der Waals surface area contributed by atoms with Crippen molar-refractivity contribution < 1.29 is 13.6 Å². The van der Waals surface area contributed by atoms with Crippen LogP contribution in [-0.2, 0) is 4.79 Å². The molecule has 5 heteroatoms. The molecule has 0 aliphatic rings. The molecule has 0 atom stereocenters. The third-order valence-corrected chi connectivity index (χ3v) is 3.34. The Morgan fingerprint density at radius 3 is 2.36 bits per heavy atom. The molecule has 2 rings (SSSR count). The van der Waals surface area contributed by atoms with E-state index in [9.17, 15) is 13.6 Å². The largest absolute Gasteiger partial charge is 0.384 e. The van der Waals surface area contributed by atoms with Crippen LogP contribution in [0.5, 0.6) is 0 Å². The second-order valence-corrected chi connectivity index (χ2v) is 5.12. The van der Waals surface area contributed by atoms with Crippen LogP contribution in [0.25, 0.3) is 0 Å². The van der Waals surface area contributed by atoms with E-state index in [1.807, 2.05) is 32.0 Å². The number of carbonyl (C=O) groups is 1. The maximum absolute atomic E-state index is 13.1. The minimum atomic E-state index is -0.980. The first-order chi connectivity index (χ1) is 10.5. The highest BCUT2D eigenvalue weighted by Gasteiger charge is 2.07. The first-order valence-electron chi connectivity index (χ1n) is 7.02. The van der Waals surface area contributed by atoms with Crippen molar-refractivity contribution in [3.05, 3.63) is 59.2 Å². The SMILES string of the molecule is Cc1cccc(C)c1NCCC(=O)Nc1ccc(F)c(F)c1. The van der Waals surface area contributed by atoms with E-state index < -0.39 is 11.6 Å². The Morgan fingerprint density at radius 2 is 1.73 bits per heavy atom. The molecule has 0 aliphatic carbocycles. The molecule has 0 bridgehead atoms. The Kier molecular flexibility index (Phi) is 5.09. The Labute approximate surface area is 128 Å². The number of nitrogens with one attached hydrogen (secondary N) is 2. The van der Waals surface area contributed by atoms with Crippen molar-refractivity contribution in [2.75, 3.05) is 17.2 Å². The molecular formula is C17H18F2N2O. The molecule has 2 aromatic carbocycles. The molecule has 0 fully saturated rings. The summed E-state index contributed by atoms with van der Waals surface area (Å²) in [7, 11) is 0. The topological polar surface area (TPSA) is 41.1 Å². The van der Waals surface area contributed by atoms with Crippen LogP contribution in [0.1, 0.15) is 17.5 Å². The fourth-order valence-electron chi connectivity index (χ4n) is 2.19. The highest BCUT2D eigenvalue weighted by molar-refractivity contribution is 5.91. The number of hydrogen-bond donors (Lipinski definition) is 2. The average Bonchev–Trinajstić information content (AvgIpc) is 2.46. The zero-order valence-electron chi connectivity index (χ0n) is 12.5. The summed E-state index contributed by atoms with van der Waals surface area (Å²) in [6.45, 7) is 4.45. The molecule has 0 saturated heterocycles. The lowest BCUT2D eigenvalue weighted by atomic mass is 10.1. The fraction of sp³-hybridized carbons (Fsp3) is 0.235. The molecule has 0 radical (unpaired) electrons. The lowest BCUT2D eigenvalue weighted by Crippen LogP contribution is -2.17. The molecule has 3 nitrogen and oxygen atoms in total. The summed E-state index contributed by atoms with van der Waals surface area (Å²) in [6, 6.07) is 9.25. The monoisotopic (exact) mass is 304 g/mol. The zero-order valence-corrected chi connectivity index (χ0v) is 12.5. The highest BCUT2D eigenvalue weighted by atomic mass is 19.2. The van der Waals surface area contributed by atoms with Gasteiger partial charge in [0.25, 0.3) is 0 Å². The Morgan fingerprint density at radius 1 is 1.05 bits per heavy atom. The van der Waals surface area contributed by atoms with E-state index in [0.29, 0.717) is 6.54 Å². The first-order valence-corrected chi connectivity index (χ1v) is 7.02. The van der Waals surface area contributed by atoms with Crippen molar-refractivity contribution in [3.8, 4) is 0 Å². The van der Waals surface area contributed by atoms with Gasteiger partial charge in [-0.3, -0.25) is 4.79 Å². The number of amides is 1. The summed E-state index contributed by atoms with van der Waals surface area (Å²) >= 11 is 0. The number of anilines is 2. The van der Waals surface area contributed by atoms with Crippen LogP contribution in [0.15, 0.2) is 36.4 Å². The van der Waals surface area contributed by atoms with Crippen molar-refractivity contribution >= 4 is 17.3 Å². The standard InChI is InChI=1S/C17H18F2N2O/c1-11-4-3-5-12(2)17(11)20-9-8-16(22)21-13-6-7-14(18)15(19)10-13/h3-7,10,20H,8-9H2,1-2H3,(H,21,22). The number of benzene rings is 2. The molecular weight excluding hydrogens is 286 g/mol. The molecule has 0 unspecified atom stereocenters. The Bertz CT molecular complexity index is 666. The van der Waals surface area contributed by atoms with Gasteiger partial charge >= 0.3 is 0 Å². The highest BCUT2D eigenvalue weighted by Crippen LogP contribution is 2.19. The zero-order chi connectivity index (χ0) is 16.1. The summed E-state index contributed by atoms with van der Waals surface area (Å²) in [5, 5.41) is 5.76. The molecule has 2 N–H and O–H groups in total.